The Balaban J connectivity index is 1.29. The van der Waals surface area contributed by atoms with Crippen LogP contribution < -0.4 is 11.1 Å². The molecule has 1 aliphatic rings. The fourth-order valence-corrected chi connectivity index (χ4v) is 4.36. The largest absolute Gasteiger partial charge is 0.478 e. The van der Waals surface area contributed by atoms with E-state index in [1.165, 1.54) is 0 Å². The summed E-state index contributed by atoms with van der Waals surface area (Å²) in [5.41, 5.74) is 8.98. The number of alkyl carbamates (subject to hydrolysis) is 1. The molecule has 186 valence electrons. The second kappa shape index (κ2) is 11.0. The van der Waals surface area contributed by atoms with Gasteiger partial charge in [-0.2, -0.15) is 0 Å². The third kappa shape index (κ3) is 5.72. The van der Waals surface area contributed by atoms with Crippen LogP contribution in [0.2, 0.25) is 0 Å². The van der Waals surface area contributed by atoms with E-state index in [2.05, 4.69) is 5.32 Å². The summed E-state index contributed by atoms with van der Waals surface area (Å²) in [4.78, 5) is 36.4. The summed E-state index contributed by atoms with van der Waals surface area (Å²) < 4.78 is 10.6. The molecule has 0 saturated heterocycles. The number of rotatable bonds is 10. The highest BCUT2D eigenvalue weighted by atomic mass is 16.5. The zero-order valence-electron chi connectivity index (χ0n) is 19.7. The van der Waals surface area contributed by atoms with Gasteiger partial charge in [0.25, 0.3) is 0 Å². The van der Waals surface area contributed by atoms with Crippen LogP contribution in [0, 0.1) is 0 Å². The molecule has 0 heterocycles. The molecule has 3 aromatic carbocycles. The van der Waals surface area contributed by atoms with Crippen molar-refractivity contribution in [2.75, 3.05) is 6.61 Å². The van der Waals surface area contributed by atoms with E-state index in [0.29, 0.717) is 0 Å². The van der Waals surface area contributed by atoms with E-state index in [1.54, 1.807) is 0 Å². The van der Waals surface area contributed by atoms with Gasteiger partial charge in [-0.1, -0.05) is 78.9 Å². The first-order valence-electron chi connectivity index (χ1n) is 11.7. The number of hydrogen-bond donors (Lipinski definition) is 3. The fourth-order valence-electron chi connectivity index (χ4n) is 4.36. The second-order valence-corrected chi connectivity index (χ2v) is 8.73. The van der Waals surface area contributed by atoms with Gasteiger partial charge in [-0.05, 0) is 40.7 Å². The van der Waals surface area contributed by atoms with Crippen LogP contribution in [-0.2, 0) is 25.7 Å². The van der Waals surface area contributed by atoms with Crippen molar-refractivity contribution >= 4 is 18.0 Å². The zero-order chi connectivity index (χ0) is 25.5. The number of benzene rings is 3. The lowest BCUT2D eigenvalue weighted by Gasteiger charge is -2.26. The summed E-state index contributed by atoms with van der Waals surface area (Å²) in [6.07, 6.45) is -1.04. The number of aliphatic carboxylic acids is 1. The molecule has 1 unspecified atom stereocenters. The van der Waals surface area contributed by atoms with Crippen molar-refractivity contribution in [2.45, 2.75) is 37.5 Å². The Labute approximate surface area is 209 Å². The molecule has 0 radical (unpaired) electrons. The van der Waals surface area contributed by atoms with Crippen molar-refractivity contribution in [3.63, 3.8) is 0 Å². The summed E-state index contributed by atoms with van der Waals surface area (Å²) in [5, 5.41) is 11.9. The number of ether oxygens (including phenoxy) is 2. The monoisotopic (exact) mass is 488 g/mol. The number of fused-ring (bicyclic) bond motifs is 3. The first kappa shape index (κ1) is 24.9. The molecule has 0 spiro atoms. The lowest BCUT2D eigenvalue weighted by molar-refractivity contribution is -0.147. The first-order valence-corrected chi connectivity index (χ1v) is 11.7. The summed E-state index contributed by atoms with van der Waals surface area (Å²) in [6.45, 7) is 0.158. The molecule has 8 heteroatoms. The summed E-state index contributed by atoms with van der Waals surface area (Å²) in [7, 11) is 0. The van der Waals surface area contributed by atoms with Gasteiger partial charge >= 0.3 is 18.0 Å². The number of carbonyl (C=O) groups excluding carboxylic acids is 2. The Hall–Kier alpha value is -4.17. The Morgan fingerprint density at radius 2 is 1.44 bits per heavy atom. The highest BCUT2D eigenvalue weighted by Crippen LogP contribution is 2.44. The predicted octanol–water partition coefficient (Wildman–Crippen LogP) is 4.18. The summed E-state index contributed by atoms with van der Waals surface area (Å²) >= 11 is 0. The minimum absolute atomic E-state index is 0.0291. The van der Waals surface area contributed by atoms with Crippen LogP contribution in [0.3, 0.4) is 0 Å². The molecule has 4 rings (SSSR count). The highest BCUT2D eigenvalue weighted by Gasteiger charge is 2.37. The van der Waals surface area contributed by atoms with Crippen LogP contribution in [0.25, 0.3) is 11.1 Å². The molecule has 0 aliphatic heterocycles. The van der Waals surface area contributed by atoms with Crippen molar-refractivity contribution in [1.82, 2.24) is 5.32 Å². The molecule has 36 heavy (non-hydrogen) atoms. The summed E-state index contributed by atoms with van der Waals surface area (Å²) in [5.74, 6) is -2.07. The van der Waals surface area contributed by atoms with Gasteiger partial charge in [0.15, 0.2) is 5.66 Å². The average molecular weight is 489 g/mol. The van der Waals surface area contributed by atoms with Crippen LogP contribution in [0.15, 0.2) is 78.9 Å². The maximum atomic E-state index is 12.5. The van der Waals surface area contributed by atoms with Crippen molar-refractivity contribution in [3.05, 3.63) is 95.6 Å². The molecule has 8 nitrogen and oxygen atoms in total. The van der Waals surface area contributed by atoms with E-state index in [9.17, 15) is 19.5 Å². The third-order valence-corrected chi connectivity index (χ3v) is 6.25. The van der Waals surface area contributed by atoms with Gasteiger partial charge in [-0.3, -0.25) is 15.8 Å². The number of hydrogen-bond acceptors (Lipinski definition) is 6. The minimum atomic E-state index is -2.08. The molecule has 0 saturated carbocycles. The molecule has 0 fully saturated rings. The van der Waals surface area contributed by atoms with Crippen LogP contribution >= 0.6 is 0 Å². The maximum absolute atomic E-state index is 12.5. The number of carboxylic acids is 1. The van der Waals surface area contributed by atoms with E-state index >= 15 is 0 Å². The molecular formula is C28H28N2O6. The Morgan fingerprint density at radius 1 is 0.861 bits per heavy atom. The standard InChI is InChI=1S/C28H28N2O6/c29-28(26(32)33,16-8-15-25(31)35-17-19-9-2-1-3-10-19)30-27(34)36-18-24-22-13-6-4-11-20(22)21-12-5-7-14-23(21)24/h1-7,9-14,24H,8,15-18,29H2,(H,30,34)(H,32,33). The number of carbonyl (C=O) groups is 3. The van der Waals surface area contributed by atoms with Crippen molar-refractivity contribution in [2.24, 2.45) is 5.73 Å². The molecule has 1 amide bonds. The van der Waals surface area contributed by atoms with E-state index in [0.717, 1.165) is 27.8 Å². The number of nitrogens with two attached hydrogens (primary N) is 1. The smallest absolute Gasteiger partial charge is 0.409 e. The van der Waals surface area contributed by atoms with Crippen molar-refractivity contribution < 1.29 is 29.0 Å². The first-order chi connectivity index (χ1) is 17.4. The van der Waals surface area contributed by atoms with Crippen LogP contribution in [0.4, 0.5) is 4.79 Å². The highest BCUT2D eigenvalue weighted by molar-refractivity contribution is 5.84. The molecule has 1 atom stereocenters. The lowest BCUT2D eigenvalue weighted by Crippen LogP contribution is -2.61. The molecule has 0 bridgehead atoms. The normalized spacial score (nSPS) is 13.7. The lowest BCUT2D eigenvalue weighted by atomic mass is 9.98. The van der Waals surface area contributed by atoms with E-state index < -0.39 is 23.7 Å². The van der Waals surface area contributed by atoms with Crippen LogP contribution in [0.1, 0.15) is 41.9 Å². The Kier molecular flexibility index (Phi) is 7.65. The number of nitrogens with one attached hydrogen (secondary N) is 1. The van der Waals surface area contributed by atoms with Crippen molar-refractivity contribution in [3.8, 4) is 11.1 Å². The van der Waals surface area contributed by atoms with Gasteiger partial charge in [0, 0.05) is 12.3 Å². The summed E-state index contributed by atoms with van der Waals surface area (Å²) in [6, 6.07) is 25.0. The van der Waals surface area contributed by atoms with Crippen LogP contribution in [-0.4, -0.2) is 35.4 Å². The van der Waals surface area contributed by atoms with Gasteiger partial charge in [0.2, 0.25) is 0 Å². The van der Waals surface area contributed by atoms with Gasteiger partial charge in [-0.15, -0.1) is 0 Å². The predicted molar refractivity (Wildman–Crippen MR) is 133 cm³/mol. The number of carboxylic acid groups (broad SMARTS) is 1. The minimum Gasteiger partial charge on any atom is -0.478 e. The zero-order valence-corrected chi connectivity index (χ0v) is 19.7. The molecule has 4 N–H and O–H groups in total. The van der Waals surface area contributed by atoms with Gasteiger partial charge in [0.1, 0.15) is 13.2 Å². The SMILES string of the molecule is NC(CCCC(=O)OCc1ccccc1)(NC(=O)OCC1c2ccccc2-c2ccccc21)C(=O)O. The van der Waals surface area contributed by atoms with Gasteiger partial charge in [-0.25, -0.2) is 9.59 Å². The van der Waals surface area contributed by atoms with E-state index in [4.69, 9.17) is 15.2 Å². The van der Waals surface area contributed by atoms with Crippen LogP contribution in [0.5, 0.6) is 0 Å². The molecular weight excluding hydrogens is 460 g/mol. The number of esters is 1. The third-order valence-electron chi connectivity index (χ3n) is 6.25. The number of amides is 1. The van der Waals surface area contributed by atoms with Gasteiger partial charge in [0.05, 0.1) is 0 Å². The Morgan fingerprint density at radius 3 is 2.06 bits per heavy atom. The maximum Gasteiger partial charge on any atom is 0.409 e. The topological polar surface area (TPSA) is 128 Å². The molecule has 3 aromatic rings. The van der Waals surface area contributed by atoms with Crippen molar-refractivity contribution in [1.29, 1.82) is 0 Å². The van der Waals surface area contributed by atoms with E-state index in [-0.39, 0.29) is 38.4 Å². The van der Waals surface area contributed by atoms with Gasteiger partial charge < -0.3 is 14.6 Å². The molecule has 1 aliphatic carbocycles. The fraction of sp³-hybridized carbons (Fsp3) is 0.250. The Bertz CT molecular complexity index is 1200. The molecule has 0 aromatic heterocycles. The van der Waals surface area contributed by atoms with E-state index in [1.807, 2.05) is 78.9 Å². The quantitative estimate of drug-likeness (QED) is 0.288. The second-order valence-electron chi connectivity index (χ2n) is 8.73. The average Bonchev–Trinajstić information content (AvgIpc) is 3.20.